The lowest BCUT2D eigenvalue weighted by atomic mass is 10.0. The molecule has 1 atom stereocenters. The zero-order valence-electron chi connectivity index (χ0n) is 28.9. The van der Waals surface area contributed by atoms with Crippen molar-refractivity contribution in [2.75, 3.05) is 39.8 Å². The van der Waals surface area contributed by atoms with Crippen LogP contribution in [0.4, 0.5) is 4.79 Å². The quantitative estimate of drug-likeness (QED) is 0.274. The van der Waals surface area contributed by atoms with Crippen molar-refractivity contribution in [1.82, 2.24) is 29.5 Å². The Hall–Kier alpha value is -5.23. The molecule has 7 rings (SSSR count). The van der Waals surface area contributed by atoms with Crippen LogP contribution in [0.3, 0.4) is 0 Å². The lowest BCUT2D eigenvalue weighted by molar-refractivity contribution is -0.0370. The summed E-state index contributed by atoms with van der Waals surface area (Å²) in [5.74, 6) is -0.0850. The van der Waals surface area contributed by atoms with Crippen molar-refractivity contribution in [2.24, 2.45) is 0 Å². The normalized spacial score (nSPS) is 18.3. The molecule has 2 fully saturated rings. The molecule has 3 aliphatic heterocycles. The Morgan fingerprint density at radius 2 is 1.72 bits per heavy atom. The average molecular weight is 679 g/mol. The highest BCUT2D eigenvalue weighted by Crippen LogP contribution is 2.34. The van der Waals surface area contributed by atoms with Crippen molar-refractivity contribution in [3.63, 3.8) is 0 Å². The molecule has 2 aromatic carbocycles. The summed E-state index contributed by atoms with van der Waals surface area (Å²) < 4.78 is 13.5. The van der Waals surface area contributed by atoms with E-state index in [4.69, 9.17) is 19.6 Å². The van der Waals surface area contributed by atoms with Gasteiger partial charge < -0.3 is 29.3 Å². The minimum absolute atomic E-state index is 0.00923. The van der Waals surface area contributed by atoms with E-state index in [1.807, 2.05) is 51.1 Å². The minimum atomic E-state index is -0.616. The molecule has 1 N–H and O–H groups in total. The van der Waals surface area contributed by atoms with Gasteiger partial charge in [-0.3, -0.25) is 9.59 Å². The van der Waals surface area contributed by atoms with E-state index in [-0.39, 0.29) is 23.8 Å². The monoisotopic (exact) mass is 678 g/mol. The number of benzene rings is 2. The maximum Gasteiger partial charge on any atom is 0.410 e. The first-order valence-electron chi connectivity index (χ1n) is 17.1. The second-order valence-electron chi connectivity index (χ2n) is 14.1. The van der Waals surface area contributed by atoms with Gasteiger partial charge in [-0.25, -0.2) is 14.5 Å². The maximum atomic E-state index is 14.6. The summed E-state index contributed by atoms with van der Waals surface area (Å²) >= 11 is 0. The van der Waals surface area contributed by atoms with Gasteiger partial charge in [-0.15, -0.1) is 0 Å². The van der Waals surface area contributed by atoms with E-state index >= 15 is 0 Å². The molecule has 0 radical (unpaired) electrons. The van der Waals surface area contributed by atoms with Crippen LogP contribution < -0.4 is 0 Å². The Morgan fingerprint density at radius 1 is 0.980 bits per heavy atom. The molecule has 0 aliphatic carbocycles. The Bertz CT molecular complexity index is 1980. The Kier molecular flexibility index (Phi) is 8.81. The standard InChI is InChI=1S/C38H42N6O6/c1-38(2,3)50-37(48)43-18-16-42(17-19-43)36(47)29-22-31(25-11-13-27(45)14-12-25)39-34-33(29)30(40-44(34)32-7-5-6-20-49-32)15-9-24-8-10-26-23-41(4)35(46)28(26)21-24/h8-15,21-22,32,45H,5-7,16-20,23H2,1-4H3/b15-9+. The van der Waals surface area contributed by atoms with Crippen molar-refractivity contribution in [3.8, 4) is 17.0 Å². The second kappa shape index (κ2) is 13.2. The fourth-order valence-electron chi connectivity index (χ4n) is 6.68. The number of ether oxygens (including phenoxy) is 2. The van der Waals surface area contributed by atoms with Crippen LogP contribution in [0.2, 0.25) is 0 Å². The Labute approximate surface area is 290 Å². The van der Waals surface area contributed by atoms with Gasteiger partial charge in [0.05, 0.1) is 22.3 Å². The summed E-state index contributed by atoms with van der Waals surface area (Å²) in [6.45, 7) is 8.02. The van der Waals surface area contributed by atoms with Crippen molar-refractivity contribution in [1.29, 1.82) is 0 Å². The number of hydrogen-bond acceptors (Lipinski definition) is 8. The van der Waals surface area contributed by atoms with Crippen LogP contribution >= 0.6 is 0 Å². The molecule has 50 heavy (non-hydrogen) atoms. The summed E-state index contributed by atoms with van der Waals surface area (Å²) in [5.41, 5.74) is 4.68. The number of fused-ring (bicyclic) bond motifs is 2. The number of hydrogen-bond donors (Lipinski definition) is 1. The average Bonchev–Trinajstić information content (AvgIpc) is 3.62. The third kappa shape index (κ3) is 6.67. The van der Waals surface area contributed by atoms with Crippen LogP contribution in [0, 0.1) is 0 Å². The van der Waals surface area contributed by atoms with Crippen molar-refractivity contribution in [3.05, 3.63) is 76.5 Å². The van der Waals surface area contributed by atoms with Gasteiger partial charge in [0.15, 0.2) is 11.9 Å². The maximum absolute atomic E-state index is 14.6. The van der Waals surface area contributed by atoms with E-state index < -0.39 is 11.7 Å². The van der Waals surface area contributed by atoms with Gasteiger partial charge in [-0.2, -0.15) is 5.10 Å². The number of aromatic hydroxyl groups is 1. The predicted octanol–water partition coefficient (Wildman–Crippen LogP) is 5.95. The molecule has 4 aromatic rings. The third-order valence-corrected chi connectivity index (χ3v) is 9.28. The lowest BCUT2D eigenvalue weighted by Crippen LogP contribution is -2.51. The van der Waals surface area contributed by atoms with Crippen LogP contribution in [-0.4, -0.2) is 97.9 Å². The van der Waals surface area contributed by atoms with Crippen molar-refractivity contribution >= 4 is 41.1 Å². The first kappa shape index (κ1) is 33.3. The number of amides is 3. The van der Waals surface area contributed by atoms with Gasteiger partial charge in [-0.1, -0.05) is 18.2 Å². The number of pyridine rings is 1. The zero-order valence-corrected chi connectivity index (χ0v) is 28.9. The van der Waals surface area contributed by atoms with E-state index in [1.54, 1.807) is 56.8 Å². The van der Waals surface area contributed by atoms with E-state index in [0.717, 1.165) is 36.0 Å². The third-order valence-electron chi connectivity index (χ3n) is 9.28. The molecule has 0 spiro atoms. The van der Waals surface area contributed by atoms with E-state index in [1.165, 1.54) is 0 Å². The first-order chi connectivity index (χ1) is 23.9. The fraction of sp³-hybridized carbons (Fsp3) is 0.395. The number of rotatable bonds is 5. The van der Waals surface area contributed by atoms with Crippen LogP contribution in [0.1, 0.15) is 83.8 Å². The van der Waals surface area contributed by atoms with Crippen LogP contribution in [0.25, 0.3) is 34.4 Å². The summed E-state index contributed by atoms with van der Waals surface area (Å²) in [7, 11) is 1.79. The molecule has 2 saturated heterocycles. The summed E-state index contributed by atoms with van der Waals surface area (Å²) in [6, 6.07) is 14.3. The van der Waals surface area contributed by atoms with Crippen LogP contribution in [0.5, 0.6) is 5.75 Å². The smallest absolute Gasteiger partial charge is 0.410 e. The summed E-state index contributed by atoms with van der Waals surface area (Å²) in [4.78, 5) is 50.2. The van der Waals surface area contributed by atoms with Crippen molar-refractivity contribution < 1.29 is 29.0 Å². The van der Waals surface area contributed by atoms with E-state index in [0.29, 0.717) is 72.9 Å². The molecule has 2 aromatic heterocycles. The number of carbonyl (C=O) groups excluding carboxylic acids is 3. The van der Waals surface area contributed by atoms with Gasteiger partial charge in [-0.05, 0) is 93.6 Å². The minimum Gasteiger partial charge on any atom is -0.508 e. The number of phenols is 1. The molecular weight excluding hydrogens is 636 g/mol. The molecular formula is C38H42N6O6. The predicted molar refractivity (Wildman–Crippen MR) is 188 cm³/mol. The highest BCUT2D eigenvalue weighted by atomic mass is 16.6. The van der Waals surface area contributed by atoms with Gasteiger partial charge in [0.25, 0.3) is 11.8 Å². The van der Waals surface area contributed by atoms with Gasteiger partial charge in [0, 0.05) is 57.5 Å². The highest BCUT2D eigenvalue weighted by Gasteiger charge is 2.32. The number of nitrogens with zero attached hydrogens (tertiary/aromatic N) is 6. The molecule has 5 heterocycles. The Balaban J connectivity index is 1.31. The SMILES string of the molecule is CN1Cc2ccc(/C=C/c3nn(C4CCCCO4)c4nc(-c5ccc(O)cc5)cc(C(=O)N5CCN(C(=O)OC(C)(C)C)CC5)c34)cc2C1=O. The molecule has 0 bridgehead atoms. The number of aromatic nitrogens is 3. The molecule has 12 heteroatoms. The largest absolute Gasteiger partial charge is 0.508 e. The second-order valence-corrected chi connectivity index (χ2v) is 14.1. The lowest BCUT2D eigenvalue weighted by Gasteiger charge is -2.35. The van der Waals surface area contributed by atoms with Gasteiger partial charge in [0.2, 0.25) is 0 Å². The molecule has 3 amide bonds. The van der Waals surface area contributed by atoms with E-state index in [9.17, 15) is 19.5 Å². The number of carbonyl (C=O) groups is 3. The molecule has 260 valence electrons. The van der Waals surface area contributed by atoms with E-state index in [2.05, 4.69) is 0 Å². The zero-order chi connectivity index (χ0) is 35.2. The van der Waals surface area contributed by atoms with Crippen LogP contribution in [0.15, 0.2) is 48.5 Å². The highest BCUT2D eigenvalue weighted by molar-refractivity contribution is 6.09. The number of piperazine rings is 1. The molecule has 1 unspecified atom stereocenters. The molecule has 0 saturated carbocycles. The molecule has 12 nitrogen and oxygen atoms in total. The fourth-order valence-corrected chi connectivity index (χ4v) is 6.68. The first-order valence-corrected chi connectivity index (χ1v) is 17.1. The van der Waals surface area contributed by atoms with Gasteiger partial charge in [0.1, 0.15) is 11.4 Å². The van der Waals surface area contributed by atoms with Crippen LogP contribution in [-0.2, 0) is 16.0 Å². The van der Waals surface area contributed by atoms with Gasteiger partial charge >= 0.3 is 6.09 Å². The summed E-state index contributed by atoms with van der Waals surface area (Å²) in [5, 5.41) is 15.6. The topological polar surface area (TPSA) is 130 Å². The molecule has 3 aliphatic rings. The van der Waals surface area contributed by atoms with Crippen molar-refractivity contribution in [2.45, 2.75) is 58.4 Å². The summed E-state index contributed by atoms with van der Waals surface area (Å²) in [6.07, 6.45) is 5.70. The Morgan fingerprint density at radius 3 is 2.42 bits per heavy atom. The number of phenolic OH excluding ortho intramolecular Hbond substituents is 1.